The van der Waals surface area contributed by atoms with Crippen molar-refractivity contribution in [1.82, 2.24) is 10.2 Å². The highest BCUT2D eigenvalue weighted by Crippen LogP contribution is 2.18. The largest absolute Gasteiger partial charge is 0.375 e. The average molecular weight is 277 g/mol. The van der Waals surface area contributed by atoms with E-state index in [1.807, 2.05) is 0 Å². The maximum Gasteiger partial charge on any atom is 0.0366 e. The van der Waals surface area contributed by atoms with Gasteiger partial charge < -0.3 is 15.1 Å². The zero-order valence-corrected chi connectivity index (χ0v) is 14.0. The van der Waals surface area contributed by atoms with E-state index >= 15 is 0 Å². The lowest BCUT2D eigenvalue weighted by atomic mass is 10.1. The van der Waals surface area contributed by atoms with E-state index in [2.05, 4.69) is 75.2 Å². The molecule has 0 radical (unpaired) electrons. The van der Waals surface area contributed by atoms with Gasteiger partial charge in [-0.05, 0) is 57.2 Å². The van der Waals surface area contributed by atoms with Gasteiger partial charge >= 0.3 is 0 Å². The van der Waals surface area contributed by atoms with Crippen LogP contribution in [0.1, 0.15) is 31.4 Å². The molecule has 20 heavy (non-hydrogen) atoms. The normalized spacial score (nSPS) is 11.4. The number of anilines is 1. The molecular formula is C17H31N3. The third-order valence-electron chi connectivity index (χ3n) is 3.57. The molecule has 0 heterocycles. The molecule has 0 unspecified atom stereocenters. The van der Waals surface area contributed by atoms with Gasteiger partial charge in [0.15, 0.2) is 0 Å². The second kappa shape index (κ2) is 8.28. The van der Waals surface area contributed by atoms with Crippen LogP contribution in [0.15, 0.2) is 18.2 Å². The van der Waals surface area contributed by atoms with Crippen LogP contribution >= 0.6 is 0 Å². The van der Waals surface area contributed by atoms with E-state index in [1.165, 1.54) is 23.2 Å². The monoisotopic (exact) mass is 277 g/mol. The lowest BCUT2D eigenvalue weighted by Gasteiger charge is -2.22. The smallest absolute Gasteiger partial charge is 0.0366 e. The number of rotatable bonds is 8. The molecule has 0 saturated carbocycles. The first-order chi connectivity index (χ1) is 9.40. The third kappa shape index (κ3) is 5.93. The molecule has 0 aromatic heterocycles. The van der Waals surface area contributed by atoms with Crippen LogP contribution in [-0.4, -0.2) is 45.2 Å². The number of benzene rings is 1. The van der Waals surface area contributed by atoms with Crippen LogP contribution in [0.3, 0.4) is 0 Å². The molecule has 0 bridgehead atoms. The SMILES string of the molecule is Cc1cc(N(C)CCCN(C)C)ccc1CNC(C)C. The quantitative estimate of drug-likeness (QED) is 0.788. The van der Waals surface area contributed by atoms with Crippen molar-refractivity contribution in [1.29, 1.82) is 0 Å². The van der Waals surface area contributed by atoms with Crippen LogP contribution in [-0.2, 0) is 6.54 Å². The van der Waals surface area contributed by atoms with Crippen molar-refractivity contribution >= 4 is 5.69 Å². The topological polar surface area (TPSA) is 18.5 Å². The predicted octanol–water partition coefficient (Wildman–Crippen LogP) is 2.88. The van der Waals surface area contributed by atoms with Crippen LogP contribution in [0.4, 0.5) is 5.69 Å². The summed E-state index contributed by atoms with van der Waals surface area (Å²) in [5.41, 5.74) is 4.08. The highest BCUT2D eigenvalue weighted by Gasteiger charge is 2.05. The fraction of sp³-hybridized carbons (Fsp3) is 0.647. The Hall–Kier alpha value is -1.06. The van der Waals surface area contributed by atoms with Gasteiger partial charge in [0.1, 0.15) is 0 Å². The van der Waals surface area contributed by atoms with Crippen molar-refractivity contribution in [2.75, 3.05) is 39.1 Å². The zero-order valence-electron chi connectivity index (χ0n) is 14.0. The molecule has 0 aliphatic rings. The van der Waals surface area contributed by atoms with E-state index < -0.39 is 0 Å². The number of nitrogens with zero attached hydrogens (tertiary/aromatic N) is 2. The number of hydrogen-bond donors (Lipinski definition) is 1. The average Bonchev–Trinajstić information content (AvgIpc) is 2.36. The van der Waals surface area contributed by atoms with Gasteiger partial charge in [0.2, 0.25) is 0 Å². The van der Waals surface area contributed by atoms with Crippen LogP contribution in [0.5, 0.6) is 0 Å². The molecule has 0 aliphatic heterocycles. The third-order valence-corrected chi connectivity index (χ3v) is 3.57. The molecule has 1 N–H and O–H groups in total. The molecule has 1 rings (SSSR count). The van der Waals surface area contributed by atoms with E-state index in [0.717, 1.165) is 19.6 Å². The second-order valence-electron chi connectivity index (χ2n) is 6.22. The fourth-order valence-electron chi connectivity index (χ4n) is 2.18. The summed E-state index contributed by atoms with van der Waals surface area (Å²) >= 11 is 0. The Morgan fingerprint density at radius 3 is 2.35 bits per heavy atom. The maximum atomic E-state index is 3.48. The summed E-state index contributed by atoms with van der Waals surface area (Å²) in [6, 6.07) is 7.32. The Morgan fingerprint density at radius 1 is 1.10 bits per heavy atom. The minimum atomic E-state index is 0.530. The van der Waals surface area contributed by atoms with Crippen LogP contribution in [0, 0.1) is 6.92 Å². The maximum absolute atomic E-state index is 3.48. The van der Waals surface area contributed by atoms with Gasteiger partial charge in [0.05, 0.1) is 0 Å². The first-order valence-corrected chi connectivity index (χ1v) is 7.59. The Morgan fingerprint density at radius 2 is 1.80 bits per heavy atom. The van der Waals surface area contributed by atoms with Crippen molar-refractivity contribution in [2.24, 2.45) is 0 Å². The van der Waals surface area contributed by atoms with Gasteiger partial charge in [-0.2, -0.15) is 0 Å². The van der Waals surface area contributed by atoms with Crippen LogP contribution in [0.25, 0.3) is 0 Å². The summed E-state index contributed by atoms with van der Waals surface area (Å²) in [6.07, 6.45) is 1.19. The molecule has 114 valence electrons. The summed E-state index contributed by atoms with van der Waals surface area (Å²) in [5.74, 6) is 0. The summed E-state index contributed by atoms with van der Waals surface area (Å²) in [6.45, 7) is 9.76. The highest BCUT2D eigenvalue weighted by molar-refractivity contribution is 5.50. The lowest BCUT2D eigenvalue weighted by Crippen LogP contribution is -2.24. The van der Waals surface area contributed by atoms with Crippen molar-refractivity contribution in [3.63, 3.8) is 0 Å². The Kier molecular flexibility index (Phi) is 7.03. The first kappa shape index (κ1) is 17.0. The molecule has 1 aromatic rings. The molecule has 0 amide bonds. The summed E-state index contributed by atoms with van der Waals surface area (Å²) < 4.78 is 0. The molecule has 0 spiro atoms. The van der Waals surface area contributed by atoms with E-state index in [-0.39, 0.29) is 0 Å². The number of nitrogens with one attached hydrogen (secondary N) is 1. The molecule has 3 nitrogen and oxygen atoms in total. The van der Waals surface area contributed by atoms with E-state index in [9.17, 15) is 0 Å². The Bertz CT molecular complexity index is 399. The summed E-state index contributed by atoms with van der Waals surface area (Å²) in [4.78, 5) is 4.58. The Balaban J connectivity index is 2.57. The van der Waals surface area contributed by atoms with E-state index in [0.29, 0.717) is 6.04 Å². The van der Waals surface area contributed by atoms with Gasteiger partial charge in [0.25, 0.3) is 0 Å². The second-order valence-corrected chi connectivity index (χ2v) is 6.22. The molecule has 3 heteroatoms. The number of aryl methyl sites for hydroxylation is 1. The standard InChI is InChI=1S/C17H31N3/c1-14(2)18-13-16-8-9-17(12-15(16)3)20(6)11-7-10-19(4)5/h8-9,12,14,18H,7,10-11,13H2,1-6H3. The molecule has 0 atom stereocenters. The van der Waals surface area contributed by atoms with Crippen LogP contribution in [0.2, 0.25) is 0 Å². The van der Waals surface area contributed by atoms with Crippen molar-refractivity contribution in [2.45, 2.75) is 39.8 Å². The Labute approximate surface area is 125 Å². The summed E-state index contributed by atoms with van der Waals surface area (Å²) in [7, 11) is 6.43. The van der Waals surface area contributed by atoms with Crippen molar-refractivity contribution in [3.8, 4) is 0 Å². The van der Waals surface area contributed by atoms with E-state index in [1.54, 1.807) is 0 Å². The first-order valence-electron chi connectivity index (χ1n) is 7.59. The van der Waals surface area contributed by atoms with Gasteiger partial charge in [-0.3, -0.25) is 0 Å². The minimum Gasteiger partial charge on any atom is -0.375 e. The molecule has 0 saturated heterocycles. The van der Waals surface area contributed by atoms with E-state index in [4.69, 9.17) is 0 Å². The van der Waals surface area contributed by atoms with Gasteiger partial charge in [-0.1, -0.05) is 19.9 Å². The molecule has 0 fully saturated rings. The van der Waals surface area contributed by atoms with Gasteiger partial charge in [-0.15, -0.1) is 0 Å². The van der Waals surface area contributed by atoms with Crippen molar-refractivity contribution in [3.05, 3.63) is 29.3 Å². The molecule has 1 aromatic carbocycles. The lowest BCUT2D eigenvalue weighted by molar-refractivity contribution is 0.401. The predicted molar refractivity (Wildman–Crippen MR) is 89.6 cm³/mol. The molecular weight excluding hydrogens is 246 g/mol. The highest BCUT2D eigenvalue weighted by atomic mass is 15.1. The zero-order chi connectivity index (χ0) is 15.1. The van der Waals surface area contributed by atoms with Crippen molar-refractivity contribution < 1.29 is 0 Å². The molecule has 0 aliphatic carbocycles. The fourth-order valence-corrected chi connectivity index (χ4v) is 2.18. The van der Waals surface area contributed by atoms with Gasteiger partial charge in [0, 0.05) is 31.9 Å². The summed E-state index contributed by atoms with van der Waals surface area (Å²) in [5, 5.41) is 3.48. The minimum absolute atomic E-state index is 0.530. The van der Waals surface area contributed by atoms with Gasteiger partial charge in [-0.25, -0.2) is 0 Å². The van der Waals surface area contributed by atoms with Crippen LogP contribution < -0.4 is 10.2 Å². The number of hydrogen-bond acceptors (Lipinski definition) is 3.